The Hall–Kier alpha value is -2.15. The van der Waals surface area contributed by atoms with Crippen molar-refractivity contribution in [3.63, 3.8) is 0 Å². The molecule has 2 aromatic rings. The second-order valence-electron chi connectivity index (χ2n) is 5.65. The Balaban J connectivity index is 1.73. The lowest BCUT2D eigenvalue weighted by atomic mass is 10.1. The molecule has 7 heteroatoms. The lowest BCUT2D eigenvalue weighted by Gasteiger charge is -2.19. The van der Waals surface area contributed by atoms with Crippen LogP contribution in [0.4, 0.5) is 11.5 Å². The third kappa shape index (κ3) is 3.29. The molecule has 120 valence electrons. The Morgan fingerprint density at radius 1 is 1.39 bits per heavy atom. The summed E-state index contributed by atoms with van der Waals surface area (Å²) >= 11 is 3.41. The molecule has 0 bridgehead atoms. The summed E-state index contributed by atoms with van der Waals surface area (Å²) in [7, 11) is 0. The Labute approximate surface area is 142 Å². The van der Waals surface area contributed by atoms with Gasteiger partial charge in [0.15, 0.2) is 5.82 Å². The van der Waals surface area contributed by atoms with Crippen molar-refractivity contribution in [2.75, 3.05) is 16.8 Å². The Bertz CT molecular complexity index is 772. The Kier molecular flexibility index (Phi) is 4.21. The van der Waals surface area contributed by atoms with Crippen LogP contribution in [0.2, 0.25) is 0 Å². The van der Waals surface area contributed by atoms with E-state index in [1.54, 1.807) is 17.9 Å². The van der Waals surface area contributed by atoms with Crippen LogP contribution >= 0.6 is 15.9 Å². The maximum Gasteiger partial charge on any atom is 0.231 e. The minimum atomic E-state index is -0.400. The number of aryl methyl sites for hydroxylation is 2. The topological polar surface area (TPSA) is 75.4 Å². The predicted octanol–water partition coefficient (Wildman–Crippen LogP) is 3.05. The summed E-state index contributed by atoms with van der Waals surface area (Å²) < 4.78 is 5.88. The van der Waals surface area contributed by atoms with E-state index in [1.165, 1.54) is 0 Å². The van der Waals surface area contributed by atoms with Gasteiger partial charge in [-0.25, -0.2) is 0 Å². The van der Waals surface area contributed by atoms with Crippen LogP contribution < -0.4 is 10.2 Å². The van der Waals surface area contributed by atoms with Crippen molar-refractivity contribution in [3.8, 4) is 0 Å². The number of carbonyl (C=O) groups excluding carboxylic acids is 2. The predicted molar refractivity (Wildman–Crippen MR) is 89.2 cm³/mol. The van der Waals surface area contributed by atoms with E-state index in [2.05, 4.69) is 26.4 Å². The first kappa shape index (κ1) is 15.7. The fourth-order valence-electron chi connectivity index (χ4n) is 2.69. The minimum Gasteiger partial charge on any atom is -0.360 e. The molecule has 2 amide bonds. The van der Waals surface area contributed by atoms with Crippen molar-refractivity contribution in [1.82, 2.24) is 5.16 Å². The molecule has 6 nitrogen and oxygen atoms in total. The van der Waals surface area contributed by atoms with Crippen molar-refractivity contribution in [1.29, 1.82) is 0 Å². The molecular formula is C16H16BrN3O3. The fraction of sp³-hybridized carbons (Fsp3) is 0.312. The molecule has 1 atom stereocenters. The number of carbonyl (C=O) groups is 2. The molecule has 1 aliphatic rings. The molecule has 1 aliphatic heterocycles. The average molecular weight is 378 g/mol. The van der Waals surface area contributed by atoms with E-state index in [9.17, 15) is 9.59 Å². The minimum absolute atomic E-state index is 0.0492. The Morgan fingerprint density at radius 2 is 2.17 bits per heavy atom. The number of rotatable bonds is 3. The highest BCUT2D eigenvalue weighted by atomic mass is 79.9. The summed E-state index contributed by atoms with van der Waals surface area (Å²) in [6, 6.07) is 7.37. The summed E-state index contributed by atoms with van der Waals surface area (Å²) in [5.74, 6) is 0.325. The first-order valence-electron chi connectivity index (χ1n) is 7.25. The van der Waals surface area contributed by atoms with Gasteiger partial charge in [-0.1, -0.05) is 21.1 Å². The Morgan fingerprint density at radius 3 is 2.83 bits per heavy atom. The van der Waals surface area contributed by atoms with E-state index in [0.717, 1.165) is 15.7 Å². The van der Waals surface area contributed by atoms with Gasteiger partial charge in [0, 0.05) is 29.2 Å². The summed E-state index contributed by atoms with van der Waals surface area (Å²) in [6.45, 7) is 4.06. The molecular weight excluding hydrogens is 362 g/mol. The summed E-state index contributed by atoms with van der Waals surface area (Å²) in [5, 5.41) is 6.43. The standard InChI is InChI=1S/C16H16BrN3O3/c1-9-5-12(17)3-4-13(9)20-8-11(7-15(20)21)16(22)18-14-6-10(2)23-19-14/h3-6,11H,7-8H2,1-2H3,(H,18,19,22). The summed E-state index contributed by atoms with van der Waals surface area (Å²) in [5.41, 5.74) is 1.83. The highest BCUT2D eigenvalue weighted by Crippen LogP contribution is 2.30. The van der Waals surface area contributed by atoms with Crippen molar-refractivity contribution < 1.29 is 14.1 Å². The number of aromatic nitrogens is 1. The number of amides is 2. The fourth-order valence-corrected chi connectivity index (χ4v) is 3.17. The van der Waals surface area contributed by atoms with Gasteiger partial charge in [-0.2, -0.15) is 0 Å². The molecule has 2 heterocycles. The molecule has 3 rings (SSSR count). The van der Waals surface area contributed by atoms with Gasteiger partial charge in [-0.15, -0.1) is 0 Å². The number of nitrogens with one attached hydrogen (secondary N) is 1. The molecule has 0 radical (unpaired) electrons. The van der Waals surface area contributed by atoms with Crippen molar-refractivity contribution in [3.05, 3.63) is 40.1 Å². The van der Waals surface area contributed by atoms with E-state index >= 15 is 0 Å². The summed E-state index contributed by atoms with van der Waals surface area (Å²) in [4.78, 5) is 26.3. The largest absolute Gasteiger partial charge is 0.360 e. The van der Waals surface area contributed by atoms with Gasteiger partial charge in [0.05, 0.1) is 5.92 Å². The highest BCUT2D eigenvalue weighted by molar-refractivity contribution is 9.10. The van der Waals surface area contributed by atoms with Crippen LogP contribution in [0.1, 0.15) is 17.7 Å². The number of hydrogen-bond acceptors (Lipinski definition) is 4. The van der Waals surface area contributed by atoms with E-state index < -0.39 is 5.92 Å². The molecule has 0 saturated carbocycles. The van der Waals surface area contributed by atoms with E-state index in [-0.39, 0.29) is 18.2 Å². The number of nitrogens with zero attached hydrogens (tertiary/aromatic N) is 2. The molecule has 1 aromatic heterocycles. The van der Waals surface area contributed by atoms with E-state index in [4.69, 9.17) is 4.52 Å². The normalized spacial score (nSPS) is 17.6. The second kappa shape index (κ2) is 6.16. The third-order valence-electron chi connectivity index (χ3n) is 3.82. The van der Waals surface area contributed by atoms with Gasteiger partial charge in [-0.05, 0) is 37.6 Å². The molecule has 1 saturated heterocycles. The van der Waals surface area contributed by atoms with Gasteiger partial charge in [0.2, 0.25) is 11.8 Å². The molecule has 1 fully saturated rings. The molecule has 1 aromatic carbocycles. The lowest BCUT2D eigenvalue weighted by molar-refractivity contribution is -0.122. The first-order valence-corrected chi connectivity index (χ1v) is 8.04. The SMILES string of the molecule is Cc1cc(NC(=O)C2CC(=O)N(c3ccc(Br)cc3C)C2)no1. The van der Waals surface area contributed by atoms with Crippen LogP contribution in [0.25, 0.3) is 0 Å². The zero-order valence-corrected chi connectivity index (χ0v) is 14.4. The van der Waals surface area contributed by atoms with Crippen molar-refractivity contribution in [2.24, 2.45) is 5.92 Å². The van der Waals surface area contributed by atoms with Crippen LogP contribution in [0.3, 0.4) is 0 Å². The number of benzene rings is 1. The van der Waals surface area contributed by atoms with Gasteiger partial charge < -0.3 is 14.7 Å². The zero-order chi connectivity index (χ0) is 16.6. The number of hydrogen-bond donors (Lipinski definition) is 1. The van der Waals surface area contributed by atoms with Gasteiger partial charge in [-0.3, -0.25) is 9.59 Å². The summed E-state index contributed by atoms with van der Waals surface area (Å²) in [6.07, 6.45) is 0.193. The molecule has 1 unspecified atom stereocenters. The van der Waals surface area contributed by atoms with Crippen LogP contribution in [-0.4, -0.2) is 23.5 Å². The molecule has 23 heavy (non-hydrogen) atoms. The van der Waals surface area contributed by atoms with Crippen LogP contribution in [0.5, 0.6) is 0 Å². The number of halogens is 1. The molecule has 1 N–H and O–H groups in total. The molecule has 0 aliphatic carbocycles. The smallest absolute Gasteiger partial charge is 0.231 e. The maximum absolute atomic E-state index is 12.3. The van der Waals surface area contributed by atoms with E-state index in [1.807, 2.05) is 25.1 Å². The van der Waals surface area contributed by atoms with Gasteiger partial charge in [0.25, 0.3) is 0 Å². The van der Waals surface area contributed by atoms with Crippen LogP contribution in [-0.2, 0) is 9.59 Å². The van der Waals surface area contributed by atoms with E-state index in [0.29, 0.717) is 18.1 Å². The van der Waals surface area contributed by atoms with Gasteiger partial charge >= 0.3 is 0 Å². The third-order valence-corrected chi connectivity index (χ3v) is 4.32. The monoisotopic (exact) mass is 377 g/mol. The number of anilines is 2. The quantitative estimate of drug-likeness (QED) is 0.891. The highest BCUT2D eigenvalue weighted by Gasteiger charge is 2.35. The van der Waals surface area contributed by atoms with Crippen molar-refractivity contribution >= 4 is 39.2 Å². The zero-order valence-electron chi connectivity index (χ0n) is 12.8. The molecule has 0 spiro atoms. The maximum atomic E-state index is 12.3. The van der Waals surface area contributed by atoms with Crippen LogP contribution in [0.15, 0.2) is 33.3 Å². The second-order valence-corrected chi connectivity index (χ2v) is 6.56. The first-order chi connectivity index (χ1) is 10.9. The van der Waals surface area contributed by atoms with Crippen LogP contribution in [0, 0.1) is 19.8 Å². The van der Waals surface area contributed by atoms with Crippen molar-refractivity contribution in [2.45, 2.75) is 20.3 Å². The average Bonchev–Trinajstić information content (AvgIpc) is 3.05. The van der Waals surface area contributed by atoms with Gasteiger partial charge in [0.1, 0.15) is 5.76 Å². The lowest BCUT2D eigenvalue weighted by Crippen LogP contribution is -2.28.